The molecule has 1 atom stereocenters. The van der Waals surface area contributed by atoms with E-state index in [1.54, 1.807) is 7.11 Å². The van der Waals surface area contributed by atoms with Crippen LogP contribution in [0.1, 0.15) is 16.7 Å². The Labute approximate surface area is 91.6 Å². The largest absolute Gasteiger partial charge is 0.383 e. The Kier molecular flexibility index (Phi) is 4.75. The molecule has 1 unspecified atom stereocenters. The summed E-state index contributed by atoms with van der Waals surface area (Å²) in [4.78, 5) is 0. The predicted molar refractivity (Wildman–Crippen MR) is 62.6 cm³/mol. The zero-order chi connectivity index (χ0) is 11.3. The zero-order valence-corrected chi connectivity index (χ0v) is 9.71. The van der Waals surface area contributed by atoms with Gasteiger partial charge in [0.15, 0.2) is 0 Å². The Balaban J connectivity index is 2.73. The molecule has 1 aromatic rings. The van der Waals surface area contributed by atoms with E-state index < -0.39 is 0 Å². The van der Waals surface area contributed by atoms with Crippen molar-refractivity contribution in [2.75, 3.05) is 13.7 Å². The lowest BCUT2D eigenvalue weighted by molar-refractivity contribution is 0.166. The third-order valence-electron chi connectivity index (χ3n) is 2.57. The molecule has 84 valence electrons. The summed E-state index contributed by atoms with van der Waals surface area (Å²) < 4.78 is 5.09. The summed E-state index contributed by atoms with van der Waals surface area (Å²) >= 11 is 0. The number of methoxy groups -OCH3 is 1. The third-order valence-corrected chi connectivity index (χ3v) is 2.57. The summed E-state index contributed by atoms with van der Waals surface area (Å²) in [6.07, 6.45) is 0.901. The van der Waals surface area contributed by atoms with Crippen molar-refractivity contribution in [2.24, 2.45) is 5.84 Å². The summed E-state index contributed by atoms with van der Waals surface area (Å²) in [5.41, 5.74) is 6.69. The highest BCUT2D eigenvalue weighted by molar-refractivity contribution is 5.31. The SMILES string of the molecule is COCC(Cc1cc(C)ccc1C)NN. The smallest absolute Gasteiger partial charge is 0.0632 e. The van der Waals surface area contributed by atoms with E-state index in [4.69, 9.17) is 10.6 Å². The molecule has 0 spiro atoms. The molecule has 0 amide bonds. The van der Waals surface area contributed by atoms with Crippen LogP contribution < -0.4 is 11.3 Å². The molecular formula is C12H20N2O. The van der Waals surface area contributed by atoms with Crippen molar-refractivity contribution in [3.05, 3.63) is 34.9 Å². The first-order chi connectivity index (χ1) is 7.17. The summed E-state index contributed by atoms with van der Waals surface area (Å²) in [7, 11) is 1.69. The molecule has 0 aliphatic rings. The number of aryl methyl sites for hydroxylation is 2. The molecule has 15 heavy (non-hydrogen) atoms. The zero-order valence-electron chi connectivity index (χ0n) is 9.71. The number of nitrogens with one attached hydrogen (secondary N) is 1. The van der Waals surface area contributed by atoms with E-state index in [9.17, 15) is 0 Å². The molecule has 0 heterocycles. The van der Waals surface area contributed by atoms with Crippen molar-refractivity contribution in [3.63, 3.8) is 0 Å². The van der Waals surface area contributed by atoms with E-state index >= 15 is 0 Å². The maximum Gasteiger partial charge on any atom is 0.0632 e. The van der Waals surface area contributed by atoms with Crippen LogP contribution in [-0.4, -0.2) is 19.8 Å². The van der Waals surface area contributed by atoms with Crippen molar-refractivity contribution in [2.45, 2.75) is 26.3 Å². The Morgan fingerprint density at radius 2 is 2.13 bits per heavy atom. The van der Waals surface area contributed by atoms with E-state index in [1.807, 2.05) is 0 Å². The summed E-state index contributed by atoms with van der Waals surface area (Å²) in [5, 5.41) is 0. The van der Waals surface area contributed by atoms with Gasteiger partial charge >= 0.3 is 0 Å². The van der Waals surface area contributed by atoms with Crippen molar-refractivity contribution in [1.29, 1.82) is 0 Å². The summed E-state index contributed by atoms with van der Waals surface area (Å²) in [5.74, 6) is 5.46. The molecule has 3 heteroatoms. The molecule has 0 aliphatic heterocycles. The number of hydrogen-bond donors (Lipinski definition) is 2. The predicted octanol–water partition coefficient (Wildman–Crippen LogP) is 1.32. The van der Waals surface area contributed by atoms with Gasteiger partial charge in [0.05, 0.1) is 6.61 Å². The standard InChI is InChI=1S/C12H20N2O/c1-9-4-5-10(2)11(6-9)7-12(14-13)8-15-3/h4-6,12,14H,7-8,13H2,1-3H3. The van der Waals surface area contributed by atoms with Gasteiger partial charge in [-0.05, 0) is 31.4 Å². The fourth-order valence-corrected chi connectivity index (χ4v) is 1.65. The highest BCUT2D eigenvalue weighted by Crippen LogP contribution is 2.12. The lowest BCUT2D eigenvalue weighted by atomic mass is 9.99. The second-order valence-corrected chi connectivity index (χ2v) is 3.95. The van der Waals surface area contributed by atoms with Gasteiger partial charge in [-0.2, -0.15) is 0 Å². The minimum Gasteiger partial charge on any atom is -0.383 e. The number of hydrogen-bond acceptors (Lipinski definition) is 3. The fraction of sp³-hybridized carbons (Fsp3) is 0.500. The van der Waals surface area contributed by atoms with Crippen LogP contribution in [0.2, 0.25) is 0 Å². The molecule has 0 bridgehead atoms. The molecule has 1 rings (SSSR count). The molecule has 0 fully saturated rings. The maximum atomic E-state index is 5.46. The van der Waals surface area contributed by atoms with Gasteiger partial charge in [-0.25, -0.2) is 0 Å². The van der Waals surface area contributed by atoms with Crippen LogP contribution >= 0.6 is 0 Å². The summed E-state index contributed by atoms with van der Waals surface area (Å²) in [6, 6.07) is 6.65. The van der Waals surface area contributed by atoms with E-state index in [0.29, 0.717) is 6.61 Å². The first-order valence-electron chi connectivity index (χ1n) is 5.18. The molecule has 1 aromatic carbocycles. The molecule has 0 saturated heterocycles. The van der Waals surface area contributed by atoms with Gasteiger partial charge in [-0.1, -0.05) is 23.8 Å². The van der Waals surface area contributed by atoms with Crippen LogP contribution in [0.4, 0.5) is 0 Å². The number of ether oxygens (including phenoxy) is 1. The van der Waals surface area contributed by atoms with Gasteiger partial charge in [0.25, 0.3) is 0 Å². The fourth-order valence-electron chi connectivity index (χ4n) is 1.65. The summed E-state index contributed by atoms with van der Waals surface area (Å²) in [6.45, 7) is 4.85. The van der Waals surface area contributed by atoms with Crippen LogP contribution in [0.5, 0.6) is 0 Å². The van der Waals surface area contributed by atoms with Gasteiger partial charge in [-0.3, -0.25) is 11.3 Å². The molecule has 0 radical (unpaired) electrons. The number of benzene rings is 1. The van der Waals surface area contributed by atoms with Crippen LogP contribution in [0.25, 0.3) is 0 Å². The average Bonchev–Trinajstić information content (AvgIpc) is 2.22. The molecule has 0 aromatic heterocycles. The van der Waals surface area contributed by atoms with Crippen molar-refractivity contribution >= 4 is 0 Å². The molecule has 0 saturated carbocycles. The minimum absolute atomic E-state index is 0.176. The van der Waals surface area contributed by atoms with Gasteiger partial charge < -0.3 is 4.74 Å². The first kappa shape index (κ1) is 12.2. The third kappa shape index (κ3) is 3.63. The Morgan fingerprint density at radius 1 is 1.40 bits per heavy atom. The van der Waals surface area contributed by atoms with Crippen LogP contribution in [0.3, 0.4) is 0 Å². The second-order valence-electron chi connectivity index (χ2n) is 3.95. The van der Waals surface area contributed by atoms with Crippen LogP contribution in [0, 0.1) is 13.8 Å². The van der Waals surface area contributed by atoms with Crippen LogP contribution in [-0.2, 0) is 11.2 Å². The van der Waals surface area contributed by atoms with Crippen LogP contribution in [0.15, 0.2) is 18.2 Å². The number of hydrazine groups is 1. The van der Waals surface area contributed by atoms with Gasteiger partial charge in [-0.15, -0.1) is 0 Å². The van der Waals surface area contributed by atoms with Crippen molar-refractivity contribution in [3.8, 4) is 0 Å². The highest BCUT2D eigenvalue weighted by Gasteiger charge is 2.08. The van der Waals surface area contributed by atoms with Gasteiger partial charge in [0, 0.05) is 13.2 Å². The quantitative estimate of drug-likeness (QED) is 0.567. The molecule has 3 nitrogen and oxygen atoms in total. The van der Waals surface area contributed by atoms with Gasteiger partial charge in [0.1, 0.15) is 0 Å². The van der Waals surface area contributed by atoms with E-state index in [1.165, 1.54) is 16.7 Å². The monoisotopic (exact) mass is 208 g/mol. The maximum absolute atomic E-state index is 5.46. The Bertz CT molecular complexity index is 312. The van der Waals surface area contributed by atoms with E-state index in [2.05, 4.69) is 37.5 Å². The van der Waals surface area contributed by atoms with Gasteiger partial charge in [0.2, 0.25) is 0 Å². The Hall–Kier alpha value is -0.900. The topological polar surface area (TPSA) is 47.3 Å². The lowest BCUT2D eigenvalue weighted by Gasteiger charge is -2.16. The number of rotatable bonds is 5. The minimum atomic E-state index is 0.176. The van der Waals surface area contributed by atoms with E-state index in [-0.39, 0.29) is 6.04 Å². The molecule has 0 aliphatic carbocycles. The normalized spacial score (nSPS) is 12.8. The number of nitrogens with two attached hydrogens (primary N) is 1. The lowest BCUT2D eigenvalue weighted by Crippen LogP contribution is -2.40. The molecular weight excluding hydrogens is 188 g/mol. The highest BCUT2D eigenvalue weighted by atomic mass is 16.5. The van der Waals surface area contributed by atoms with Crippen molar-refractivity contribution in [1.82, 2.24) is 5.43 Å². The second kappa shape index (κ2) is 5.85. The Morgan fingerprint density at radius 3 is 2.73 bits per heavy atom. The first-order valence-corrected chi connectivity index (χ1v) is 5.18. The average molecular weight is 208 g/mol. The molecule has 3 N–H and O–H groups in total. The van der Waals surface area contributed by atoms with E-state index in [0.717, 1.165) is 6.42 Å². The van der Waals surface area contributed by atoms with Crippen molar-refractivity contribution < 1.29 is 4.74 Å².